The van der Waals surface area contributed by atoms with E-state index in [9.17, 15) is 14.4 Å². The van der Waals surface area contributed by atoms with Gasteiger partial charge in [-0.3, -0.25) is 14.4 Å². The summed E-state index contributed by atoms with van der Waals surface area (Å²) in [5.74, 6) is -3.10. The average molecular weight is 470 g/mol. The van der Waals surface area contributed by atoms with Gasteiger partial charge in [0.05, 0.1) is 19.1 Å². The smallest absolute Gasteiger partial charge is 0.324 e. The maximum absolute atomic E-state index is 13.7. The van der Waals surface area contributed by atoms with Crippen molar-refractivity contribution in [1.82, 2.24) is 4.90 Å². The Morgan fingerprint density at radius 3 is 2.15 bits per heavy atom. The van der Waals surface area contributed by atoms with Gasteiger partial charge >= 0.3 is 11.9 Å². The maximum Gasteiger partial charge on any atom is 0.324 e. The quantitative estimate of drug-likeness (QED) is 0.448. The van der Waals surface area contributed by atoms with Gasteiger partial charge in [0, 0.05) is 24.0 Å². The molecule has 1 aliphatic heterocycles. The summed E-state index contributed by atoms with van der Waals surface area (Å²) in [6, 6.07) is 16.8. The van der Waals surface area contributed by atoms with Crippen LogP contribution < -0.4 is 0 Å². The first-order valence-corrected chi connectivity index (χ1v) is 11.8. The molecule has 33 heavy (non-hydrogen) atoms. The maximum atomic E-state index is 13.7. The molecule has 7 heteroatoms. The number of hydrogen-bond donors (Lipinski definition) is 0. The molecule has 1 saturated heterocycles. The van der Waals surface area contributed by atoms with E-state index in [2.05, 4.69) is 0 Å². The van der Waals surface area contributed by atoms with Gasteiger partial charge in [0.1, 0.15) is 0 Å². The Balaban J connectivity index is 1.76. The van der Waals surface area contributed by atoms with Crippen LogP contribution >= 0.6 is 11.6 Å². The average Bonchev–Trinajstić information content (AvgIpc) is 2.79. The third-order valence-corrected chi connectivity index (χ3v) is 7.07. The number of esters is 2. The van der Waals surface area contributed by atoms with Crippen LogP contribution in [-0.4, -0.2) is 42.5 Å². The van der Waals surface area contributed by atoms with Gasteiger partial charge in [-0.2, -0.15) is 0 Å². The summed E-state index contributed by atoms with van der Waals surface area (Å²) in [7, 11) is 0. The monoisotopic (exact) mass is 469 g/mol. The van der Waals surface area contributed by atoms with E-state index in [0.717, 1.165) is 11.1 Å². The van der Waals surface area contributed by atoms with Crippen LogP contribution in [0.25, 0.3) is 0 Å². The molecule has 174 valence electrons. The molecule has 2 aromatic rings. The predicted octanol–water partition coefficient (Wildman–Crippen LogP) is 4.21. The number of amides is 1. The lowest BCUT2D eigenvalue weighted by atomic mass is 9.42. The summed E-state index contributed by atoms with van der Waals surface area (Å²) in [6.07, 6.45) is 0.678. The Labute approximate surface area is 198 Å². The highest BCUT2D eigenvalue weighted by molar-refractivity contribution is 6.30. The Morgan fingerprint density at radius 1 is 0.970 bits per heavy atom. The van der Waals surface area contributed by atoms with Gasteiger partial charge in [0.15, 0.2) is 5.41 Å². The molecular formula is C26H28ClNO5. The molecule has 1 amide bonds. The van der Waals surface area contributed by atoms with Crippen molar-refractivity contribution in [2.24, 2.45) is 17.3 Å². The number of halogens is 1. The van der Waals surface area contributed by atoms with Crippen molar-refractivity contribution in [3.05, 3.63) is 70.7 Å². The molecular weight excluding hydrogens is 442 g/mol. The Bertz CT molecular complexity index is 1000. The number of benzene rings is 2. The summed E-state index contributed by atoms with van der Waals surface area (Å²) >= 11 is 6.09. The largest absolute Gasteiger partial charge is 0.465 e. The number of carbonyl (C=O) groups excluding carboxylic acids is 3. The van der Waals surface area contributed by atoms with Crippen LogP contribution in [0.4, 0.5) is 0 Å². The van der Waals surface area contributed by atoms with Crippen molar-refractivity contribution in [2.45, 2.75) is 32.7 Å². The molecule has 2 aromatic carbocycles. The SMILES string of the molecule is CCOC(=O)C1(C(=O)OCC)[C@H](c2ccc(Cl)cc2)[C@H]2CCN(Cc3ccccc3)C(=O)[C@@H]21. The lowest BCUT2D eigenvalue weighted by Gasteiger charge is -2.60. The van der Waals surface area contributed by atoms with Crippen LogP contribution in [0, 0.1) is 17.3 Å². The Hall–Kier alpha value is -2.86. The normalized spacial score (nSPS) is 23.3. The van der Waals surface area contributed by atoms with E-state index in [4.69, 9.17) is 21.1 Å². The van der Waals surface area contributed by atoms with E-state index >= 15 is 0 Å². The van der Waals surface area contributed by atoms with E-state index in [1.165, 1.54) is 0 Å². The van der Waals surface area contributed by atoms with Crippen molar-refractivity contribution in [3.63, 3.8) is 0 Å². The van der Waals surface area contributed by atoms with Crippen LogP contribution in [0.1, 0.15) is 37.3 Å². The molecule has 1 saturated carbocycles. The molecule has 3 atom stereocenters. The summed E-state index contributed by atoms with van der Waals surface area (Å²) in [5.41, 5.74) is 0.0681. The number of fused-ring (bicyclic) bond motifs is 1. The van der Waals surface area contributed by atoms with Gasteiger partial charge in [0.25, 0.3) is 0 Å². The zero-order chi connectivity index (χ0) is 23.6. The third kappa shape index (κ3) is 3.90. The van der Waals surface area contributed by atoms with Crippen molar-refractivity contribution in [3.8, 4) is 0 Å². The third-order valence-electron chi connectivity index (χ3n) is 6.82. The predicted molar refractivity (Wildman–Crippen MR) is 123 cm³/mol. The van der Waals surface area contributed by atoms with Gasteiger partial charge in [-0.25, -0.2) is 0 Å². The van der Waals surface area contributed by atoms with Crippen molar-refractivity contribution in [2.75, 3.05) is 19.8 Å². The lowest BCUT2D eigenvalue weighted by Crippen LogP contribution is -2.70. The topological polar surface area (TPSA) is 72.9 Å². The zero-order valence-electron chi connectivity index (χ0n) is 18.8. The van der Waals surface area contributed by atoms with Crippen molar-refractivity contribution < 1.29 is 23.9 Å². The second-order valence-corrected chi connectivity index (χ2v) is 8.95. The van der Waals surface area contributed by atoms with E-state index in [0.29, 0.717) is 24.5 Å². The van der Waals surface area contributed by atoms with Gasteiger partial charge in [0.2, 0.25) is 5.91 Å². The molecule has 0 aromatic heterocycles. The van der Waals surface area contributed by atoms with Crippen LogP contribution in [0.2, 0.25) is 5.02 Å². The fourth-order valence-corrected chi connectivity index (χ4v) is 5.62. The van der Waals surface area contributed by atoms with Gasteiger partial charge in [-0.05, 0) is 49.4 Å². The first-order chi connectivity index (χ1) is 15.9. The molecule has 2 fully saturated rings. The number of nitrogens with zero attached hydrogens (tertiary/aromatic N) is 1. The first kappa shape index (κ1) is 23.3. The zero-order valence-corrected chi connectivity index (χ0v) is 19.6. The summed E-state index contributed by atoms with van der Waals surface area (Å²) in [5, 5.41) is 0.557. The summed E-state index contributed by atoms with van der Waals surface area (Å²) in [4.78, 5) is 42.4. The number of ether oxygens (including phenoxy) is 2. The standard InChI is InChI=1S/C26H28ClNO5/c1-3-32-24(30)26(25(31)33-4-2)21(18-10-12-19(27)13-11-18)20-14-15-28(23(29)22(20)26)16-17-8-6-5-7-9-17/h5-13,20-22H,3-4,14-16H2,1-2H3/t20-,21-,22-/m1/s1. The summed E-state index contributed by atoms with van der Waals surface area (Å²) < 4.78 is 10.8. The van der Waals surface area contributed by atoms with Gasteiger partial charge < -0.3 is 14.4 Å². The van der Waals surface area contributed by atoms with Crippen LogP contribution in [0.5, 0.6) is 0 Å². The van der Waals surface area contributed by atoms with Gasteiger partial charge in [-0.1, -0.05) is 54.1 Å². The Morgan fingerprint density at radius 2 is 1.58 bits per heavy atom. The minimum absolute atomic E-state index is 0.104. The first-order valence-electron chi connectivity index (χ1n) is 11.4. The van der Waals surface area contributed by atoms with E-state index in [1.807, 2.05) is 42.5 Å². The number of piperidine rings is 1. The van der Waals surface area contributed by atoms with Crippen molar-refractivity contribution >= 4 is 29.4 Å². The molecule has 1 heterocycles. The van der Waals surface area contributed by atoms with Crippen LogP contribution in [0.15, 0.2) is 54.6 Å². The molecule has 0 radical (unpaired) electrons. The number of likely N-dealkylation sites (tertiary alicyclic amines) is 1. The summed E-state index contributed by atoms with van der Waals surface area (Å²) in [6.45, 7) is 4.57. The van der Waals surface area contributed by atoms with Crippen LogP contribution in [-0.2, 0) is 30.4 Å². The molecule has 6 nitrogen and oxygen atoms in total. The van der Waals surface area contributed by atoms with E-state index < -0.39 is 29.2 Å². The van der Waals surface area contributed by atoms with E-state index in [1.54, 1.807) is 30.9 Å². The number of carbonyl (C=O) groups is 3. The minimum Gasteiger partial charge on any atom is -0.465 e. The lowest BCUT2D eigenvalue weighted by molar-refractivity contribution is -0.209. The minimum atomic E-state index is -1.71. The fraction of sp³-hybridized carbons (Fsp3) is 0.423. The highest BCUT2D eigenvalue weighted by Gasteiger charge is 2.76. The van der Waals surface area contributed by atoms with Crippen molar-refractivity contribution in [1.29, 1.82) is 0 Å². The second kappa shape index (κ2) is 9.56. The molecule has 2 aliphatic rings. The molecule has 0 spiro atoms. The molecule has 0 unspecified atom stereocenters. The van der Waals surface area contributed by atoms with Gasteiger partial charge in [-0.15, -0.1) is 0 Å². The van der Waals surface area contributed by atoms with E-state index in [-0.39, 0.29) is 25.0 Å². The molecule has 4 rings (SSSR count). The highest BCUT2D eigenvalue weighted by Crippen LogP contribution is 2.65. The second-order valence-electron chi connectivity index (χ2n) is 8.51. The number of rotatable bonds is 7. The number of hydrogen-bond acceptors (Lipinski definition) is 5. The van der Waals surface area contributed by atoms with Crippen LogP contribution in [0.3, 0.4) is 0 Å². The highest BCUT2D eigenvalue weighted by atomic mass is 35.5. The molecule has 0 bridgehead atoms. The Kier molecular flexibility index (Phi) is 6.75. The molecule has 0 N–H and O–H groups in total. The fourth-order valence-electron chi connectivity index (χ4n) is 5.50. The molecule has 1 aliphatic carbocycles.